The van der Waals surface area contributed by atoms with Gasteiger partial charge in [0.15, 0.2) is 5.96 Å². The Morgan fingerprint density at radius 2 is 2.14 bits per heavy atom. The zero-order valence-electron chi connectivity index (χ0n) is 13.8. The molecule has 2 fully saturated rings. The van der Waals surface area contributed by atoms with E-state index < -0.39 is 0 Å². The molecule has 1 aliphatic heterocycles. The average Bonchev–Trinajstić information content (AvgIpc) is 3.12. The number of hydrogen-bond acceptors (Lipinski definition) is 3. The topological polar surface area (TPSA) is 48.9 Å². The van der Waals surface area contributed by atoms with Gasteiger partial charge < -0.3 is 15.4 Å². The Bertz CT molecular complexity index is 340. The maximum Gasteiger partial charge on any atom is 0.191 e. The first kappa shape index (κ1) is 19.0. The standard InChI is InChI=1S/C15H30N4O.HI/c1-5-16-15(18-14-8-11(14)2)17-9-12(3)19-6-7-20-10-13(19)4;/h11-14H,5-10H2,1-4H3,(H2,16,17,18);1H. The van der Waals surface area contributed by atoms with Gasteiger partial charge in [-0.15, -0.1) is 24.0 Å². The normalized spacial score (nSPS) is 31.2. The molecule has 5 nitrogen and oxygen atoms in total. The summed E-state index contributed by atoms with van der Waals surface area (Å²) < 4.78 is 5.50. The predicted molar refractivity (Wildman–Crippen MR) is 98.5 cm³/mol. The molecule has 0 spiro atoms. The minimum atomic E-state index is 0. The van der Waals surface area contributed by atoms with Crippen molar-refractivity contribution < 1.29 is 4.74 Å². The molecular formula is C15H31IN4O. The molecule has 4 atom stereocenters. The van der Waals surface area contributed by atoms with E-state index in [4.69, 9.17) is 9.73 Å². The zero-order chi connectivity index (χ0) is 14.5. The van der Waals surface area contributed by atoms with Gasteiger partial charge in [0.25, 0.3) is 0 Å². The highest BCUT2D eigenvalue weighted by Crippen LogP contribution is 2.28. The molecule has 0 aromatic heterocycles. The van der Waals surface area contributed by atoms with E-state index in [1.807, 2.05) is 0 Å². The van der Waals surface area contributed by atoms with Crippen molar-refractivity contribution in [2.24, 2.45) is 10.9 Å². The first-order chi connectivity index (χ1) is 9.61. The summed E-state index contributed by atoms with van der Waals surface area (Å²) in [5.74, 6) is 1.75. The molecule has 0 amide bonds. The summed E-state index contributed by atoms with van der Waals surface area (Å²) in [5, 5.41) is 6.85. The number of morpholine rings is 1. The number of halogens is 1. The summed E-state index contributed by atoms with van der Waals surface area (Å²) in [7, 11) is 0. The number of nitrogens with one attached hydrogen (secondary N) is 2. The fourth-order valence-electron chi connectivity index (χ4n) is 2.74. The zero-order valence-corrected chi connectivity index (χ0v) is 16.1. The number of hydrogen-bond donors (Lipinski definition) is 2. The lowest BCUT2D eigenvalue weighted by Gasteiger charge is -2.37. The second kappa shape index (κ2) is 9.15. The van der Waals surface area contributed by atoms with Crippen molar-refractivity contribution in [2.75, 3.05) is 32.8 Å². The molecule has 1 saturated heterocycles. The number of ether oxygens (including phenoxy) is 1. The Balaban J connectivity index is 0.00000220. The molecular weight excluding hydrogens is 379 g/mol. The lowest BCUT2D eigenvalue weighted by molar-refractivity contribution is -0.0165. The Kier molecular flexibility index (Phi) is 8.26. The molecule has 1 aliphatic carbocycles. The van der Waals surface area contributed by atoms with Gasteiger partial charge in [-0.3, -0.25) is 9.89 Å². The second-order valence-electron chi connectivity index (χ2n) is 6.19. The van der Waals surface area contributed by atoms with Crippen molar-refractivity contribution in [3.05, 3.63) is 0 Å². The van der Waals surface area contributed by atoms with Gasteiger partial charge in [-0.2, -0.15) is 0 Å². The van der Waals surface area contributed by atoms with E-state index in [0.717, 1.165) is 44.7 Å². The monoisotopic (exact) mass is 410 g/mol. The Labute approximate surface area is 146 Å². The highest BCUT2D eigenvalue weighted by molar-refractivity contribution is 14.0. The number of aliphatic imine (C=N–C) groups is 1. The van der Waals surface area contributed by atoms with Crippen LogP contribution >= 0.6 is 24.0 Å². The molecule has 6 heteroatoms. The molecule has 124 valence electrons. The van der Waals surface area contributed by atoms with Crippen LogP contribution in [0.1, 0.15) is 34.1 Å². The van der Waals surface area contributed by atoms with E-state index in [1.165, 1.54) is 6.42 Å². The van der Waals surface area contributed by atoms with Crippen molar-refractivity contribution >= 4 is 29.9 Å². The van der Waals surface area contributed by atoms with Crippen LogP contribution in [0.15, 0.2) is 4.99 Å². The molecule has 0 aromatic rings. The third-order valence-corrected chi connectivity index (χ3v) is 4.27. The summed E-state index contributed by atoms with van der Waals surface area (Å²) in [5.41, 5.74) is 0. The van der Waals surface area contributed by atoms with Gasteiger partial charge in [-0.05, 0) is 33.1 Å². The summed E-state index contributed by atoms with van der Waals surface area (Å²) in [6.45, 7) is 13.3. The minimum absolute atomic E-state index is 0. The quantitative estimate of drug-likeness (QED) is 0.412. The Morgan fingerprint density at radius 1 is 1.43 bits per heavy atom. The van der Waals surface area contributed by atoms with Crippen molar-refractivity contribution in [2.45, 2.75) is 52.2 Å². The third-order valence-electron chi connectivity index (χ3n) is 4.27. The van der Waals surface area contributed by atoms with E-state index in [-0.39, 0.29) is 24.0 Å². The molecule has 1 heterocycles. The van der Waals surface area contributed by atoms with Crippen molar-refractivity contribution in [3.63, 3.8) is 0 Å². The van der Waals surface area contributed by atoms with Crippen LogP contribution in [-0.4, -0.2) is 61.8 Å². The Hall–Kier alpha value is -0.0800. The highest BCUT2D eigenvalue weighted by Gasteiger charge is 2.33. The maximum atomic E-state index is 5.50. The van der Waals surface area contributed by atoms with E-state index in [0.29, 0.717) is 18.1 Å². The van der Waals surface area contributed by atoms with E-state index in [9.17, 15) is 0 Å². The van der Waals surface area contributed by atoms with Crippen LogP contribution in [0.5, 0.6) is 0 Å². The molecule has 1 saturated carbocycles. The summed E-state index contributed by atoms with van der Waals surface area (Å²) in [6, 6.07) is 1.57. The SMILES string of the molecule is CCNC(=NCC(C)N1CCOCC1C)NC1CC1C.I. The minimum Gasteiger partial charge on any atom is -0.379 e. The van der Waals surface area contributed by atoms with Crippen LogP contribution in [0.3, 0.4) is 0 Å². The third kappa shape index (κ3) is 5.90. The summed E-state index contributed by atoms with van der Waals surface area (Å²) in [4.78, 5) is 7.25. The second-order valence-corrected chi connectivity index (χ2v) is 6.19. The fraction of sp³-hybridized carbons (Fsp3) is 0.933. The molecule has 2 rings (SSSR count). The largest absolute Gasteiger partial charge is 0.379 e. The average molecular weight is 410 g/mol. The van der Waals surface area contributed by atoms with E-state index >= 15 is 0 Å². The van der Waals surface area contributed by atoms with Crippen LogP contribution in [0.2, 0.25) is 0 Å². The smallest absolute Gasteiger partial charge is 0.191 e. The van der Waals surface area contributed by atoms with Crippen LogP contribution < -0.4 is 10.6 Å². The van der Waals surface area contributed by atoms with Gasteiger partial charge in [-0.25, -0.2) is 0 Å². The van der Waals surface area contributed by atoms with Gasteiger partial charge in [0.2, 0.25) is 0 Å². The van der Waals surface area contributed by atoms with Crippen LogP contribution in [-0.2, 0) is 4.74 Å². The van der Waals surface area contributed by atoms with Crippen molar-refractivity contribution in [1.29, 1.82) is 0 Å². The molecule has 0 aromatic carbocycles. The van der Waals surface area contributed by atoms with Gasteiger partial charge in [-0.1, -0.05) is 6.92 Å². The summed E-state index contributed by atoms with van der Waals surface area (Å²) in [6.07, 6.45) is 1.26. The van der Waals surface area contributed by atoms with Crippen LogP contribution in [0.4, 0.5) is 0 Å². The van der Waals surface area contributed by atoms with Gasteiger partial charge in [0.1, 0.15) is 0 Å². The fourth-order valence-corrected chi connectivity index (χ4v) is 2.74. The first-order valence-corrected chi connectivity index (χ1v) is 8.00. The first-order valence-electron chi connectivity index (χ1n) is 8.00. The molecule has 21 heavy (non-hydrogen) atoms. The number of rotatable bonds is 5. The van der Waals surface area contributed by atoms with E-state index in [2.05, 4.69) is 43.2 Å². The molecule has 4 unspecified atom stereocenters. The number of guanidine groups is 1. The molecule has 2 aliphatic rings. The van der Waals surface area contributed by atoms with Crippen molar-refractivity contribution in [3.8, 4) is 0 Å². The molecule has 0 bridgehead atoms. The van der Waals surface area contributed by atoms with Crippen molar-refractivity contribution in [1.82, 2.24) is 15.5 Å². The Morgan fingerprint density at radius 3 is 2.71 bits per heavy atom. The van der Waals surface area contributed by atoms with Gasteiger partial charge in [0.05, 0.1) is 19.8 Å². The summed E-state index contributed by atoms with van der Waals surface area (Å²) >= 11 is 0. The predicted octanol–water partition coefficient (Wildman–Crippen LogP) is 1.68. The van der Waals surface area contributed by atoms with Gasteiger partial charge in [0, 0.05) is 31.2 Å². The molecule has 0 radical (unpaired) electrons. The highest BCUT2D eigenvalue weighted by atomic mass is 127. The van der Waals surface area contributed by atoms with E-state index in [1.54, 1.807) is 0 Å². The lowest BCUT2D eigenvalue weighted by atomic mass is 10.2. The van der Waals surface area contributed by atoms with Gasteiger partial charge >= 0.3 is 0 Å². The lowest BCUT2D eigenvalue weighted by Crippen LogP contribution is -2.49. The van der Waals surface area contributed by atoms with Crippen LogP contribution in [0.25, 0.3) is 0 Å². The molecule has 2 N–H and O–H groups in total. The maximum absolute atomic E-state index is 5.50. The van der Waals surface area contributed by atoms with Crippen LogP contribution in [0, 0.1) is 5.92 Å². The number of nitrogens with zero attached hydrogens (tertiary/aromatic N) is 2.